The number of hydrogen-bond acceptors (Lipinski definition) is 3. The molecule has 2 aromatic rings. The maximum absolute atomic E-state index is 6.06. The minimum absolute atomic E-state index is 0.259. The van der Waals surface area contributed by atoms with Gasteiger partial charge < -0.3 is 11.1 Å². The number of nitrogens with zero attached hydrogens (tertiary/aromatic N) is 1. The number of nitrogen functional groups attached to an aromatic ring is 1. The van der Waals surface area contributed by atoms with Gasteiger partial charge in [-0.3, -0.25) is 0 Å². The van der Waals surface area contributed by atoms with Crippen molar-refractivity contribution in [2.75, 3.05) is 11.1 Å². The van der Waals surface area contributed by atoms with E-state index in [0.717, 1.165) is 12.1 Å². The van der Waals surface area contributed by atoms with E-state index in [4.69, 9.17) is 28.9 Å². The smallest absolute Gasteiger partial charge is 0.151 e. The maximum atomic E-state index is 6.06. The summed E-state index contributed by atoms with van der Waals surface area (Å²) in [6.07, 6.45) is 0.972. The highest BCUT2D eigenvalue weighted by Crippen LogP contribution is 2.29. The predicted molar refractivity (Wildman–Crippen MR) is 77.8 cm³/mol. The van der Waals surface area contributed by atoms with Crippen LogP contribution >= 0.6 is 23.2 Å². The zero-order chi connectivity index (χ0) is 13.1. The Bertz CT molecular complexity index is 570. The van der Waals surface area contributed by atoms with Gasteiger partial charge in [0.2, 0.25) is 0 Å². The number of aryl methyl sites for hydroxylation is 1. The summed E-state index contributed by atoms with van der Waals surface area (Å²) in [4.78, 5) is 4.13. The molecule has 0 aliphatic rings. The van der Waals surface area contributed by atoms with Crippen LogP contribution in [0, 0.1) is 0 Å². The lowest BCUT2D eigenvalue weighted by Gasteiger charge is -2.10. The van der Waals surface area contributed by atoms with Crippen molar-refractivity contribution in [3.8, 4) is 0 Å². The molecule has 0 spiro atoms. The first-order valence-electron chi connectivity index (χ1n) is 5.57. The van der Waals surface area contributed by atoms with Gasteiger partial charge in [0.05, 0.1) is 10.0 Å². The summed E-state index contributed by atoms with van der Waals surface area (Å²) in [5, 5.41) is 3.93. The van der Waals surface area contributed by atoms with E-state index in [9.17, 15) is 0 Å². The summed E-state index contributed by atoms with van der Waals surface area (Å²) in [5.74, 6) is 0.766. The molecule has 0 saturated heterocycles. The number of benzene rings is 1. The molecule has 5 heteroatoms. The third kappa shape index (κ3) is 2.86. The summed E-state index contributed by atoms with van der Waals surface area (Å²) >= 11 is 11.9. The van der Waals surface area contributed by atoms with Crippen molar-refractivity contribution >= 4 is 40.5 Å². The van der Waals surface area contributed by atoms with Crippen molar-refractivity contribution in [3.63, 3.8) is 0 Å². The molecule has 2 rings (SSSR count). The van der Waals surface area contributed by atoms with E-state index in [1.165, 1.54) is 5.56 Å². The van der Waals surface area contributed by atoms with Gasteiger partial charge in [0.1, 0.15) is 5.82 Å². The van der Waals surface area contributed by atoms with Crippen LogP contribution in [-0.4, -0.2) is 4.98 Å². The number of hydrogen-bond donors (Lipinski definition) is 2. The van der Waals surface area contributed by atoms with E-state index in [2.05, 4.69) is 23.3 Å². The molecule has 0 atom stereocenters. The first-order valence-corrected chi connectivity index (χ1v) is 6.33. The van der Waals surface area contributed by atoms with Gasteiger partial charge in [-0.15, -0.1) is 0 Å². The maximum Gasteiger partial charge on any atom is 0.151 e. The molecule has 0 saturated carbocycles. The first-order chi connectivity index (χ1) is 8.60. The van der Waals surface area contributed by atoms with Crippen molar-refractivity contribution in [3.05, 3.63) is 45.9 Å². The van der Waals surface area contributed by atoms with Crippen LogP contribution in [0.1, 0.15) is 12.5 Å². The van der Waals surface area contributed by atoms with Crippen LogP contribution < -0.4 is 11.1 Å². The number of nitrogens with two attached hydrogens (primary N) is 1. The number of rotatable bonds is 3. The van der Waals surface area contributed by atoms with Crippen molar-refractivity contribution in [1.29, 1.82) is 0 Å². The fourth-order valence-electron chi connectivity index (χ4n) is 1.57. The lowest BCUT2D eigenvalue weighted by Crippen LogP contribution is -1.99. The van der Waals surface area contributed by atoms with Crippen LogP contribution in [0.15, 0.2) is 30.3 Å². The second kappa shape index (κ2) is 5.46. The minimum Gasteiger partial charge on any atom is -0.382 e. The molecule has 0 aliphatic carbocycles. The molecule has 1 aromatic carbocycles. The topological polar surface area (TPSA) is 50.9 Å². The minimum atomic E-state index is 0.259. The zero-order valence-corrected chi connectivity index (χ0v) is 11.4. The summed E-state index contributed by atoms with van der Waals surface area (Å²) in [7, 11) is 0. The van der Waals surface area contributed by atoms with Crippen LogP contribution in [0.5, 0.6) is 0 Å². The third-order valence-corrected chi connectivity index (χ3v) is 3.15. The fourth-order valence-corrected chi connectivity index (χ4v) is 1.98. The highest BCUT2D eigenvalue weighted by molar-refractivity contribution is 6.37. The lowest BCUT2D eigenvalue weighted by atomic mass is 10.1. The molecule has 0 aliphatic heterocycles. The van der Waals surface area contributed by atoms with Crippen LogP contribution in [-0.2, 0) is 6.42 Å². The standard InChI is InChI=1S/C13H13Cl2N3/c1-2-8-4-3-5-9(6-8)17-13-11(15)7-10(14)12(16)18-13/h3-7H,2H2,1H3,(H3,16,17,18). The number of pyridine rings is 1. The molecule has 0 bridgehead atoms. The van der Waals surface area contributed by atoms with Gasteiger partial charge in [-0.2, -0.15) is 0 Å². The molecule has 3 nitrogen and oxygen atoms in total. The SMILES string of the molecule is CCc1cccc(Nc2nc(N)c(Cl)cc2Cl)c1. The van der Waals surface area contributed by atoms with E-state index < -0.39 is 0 Å². The molecule has 18 heavy (non-hydrogen) atoms. The Labute approximate surface area is 116 Å². The summed E-state index contributed by atoms with van der Waals surface area (Å²) in [5.41, 5.74) is 7.81. The molecule has 94 valence electrons. The number of nitrogens with one attached hydrogen (secondary N) is 1. The Morgan fingerprint density at radius 2 is 2.00 bits per heavy atom. The number of aromatic nitrogens is 1. The zero-order valence-electron chi connectivity index (χ0n) is 9.87. The van der Waals surface area contributed by atoms with Gasteiger partial charge >= 0.3 is 0 Å². The second-order valence-electron chi connectivity index (χ2n) is 3.86. The van der Waals surface area contributed by atoms with Gasteiger partial charge in [0.15, 0.2) is 5.82 Å². The number of halogens is 2. The van der Waals surface area contributed by atoms with Gasteiger partial charge in [-0.05, 0) is 30.2 Å². The molecule has 0 amide bonds. The molecule has 1 aromatic heterocycles. The number of anilines is 3. The second-order valence-corrected chi connectivity index (χ2v) is 4.68. The molecular weight excluding hydrogens is 269 g/mol. The first kappa shape index (κ1) is 13.0. The molecule has 3 N–H and O–H groups in total. The Kier molecular flexibility index (Phi) is 3.94. The van der Waals surface area contributed by atoms with Gasteiger partial charge in [-0.1, -0.05) is 42.3 Å². The summed E-state index contributed by atoms with van der Waals surface area (Å²) < 4.78 is 0. The average Bonchev–Trinajstić information content (AvgIpc) is 2.36. The quantitative estimate of drug-likeness (QED) is 0.883. The van der Waals surface area contributed by atoms with Crippen molar-refractivity contribution < 1.29 is 0 Å². The van der Waals surface area contributed by atoms with E-state index in [0.29, 0.717) is 15.9 Å². The Balaban J connectivity index is 2.30. The molecule has 0 radical (unpaired) electrons. The Morgan fingerprint density at radius 1 is 1.22 bits per heavy atom. The highest BCUT2D eigenvalue weighted by Gasteiger charge is 2.07. The van der Waals surface area contributed by atoms with Crippen molar-refractivity contribution in [2.24, 2.45) is 0 Å². The van der Waals surface area contributed by atoms with Gasteiger partial charge in [-0.25, -0.2) is 4.98 Å². The highest BCUT2D eigenvalue weighted by atomic mass is 35.5. The molecule has 1 heterocycles. The largest absolute Gasteiger partial charge is 0.382 e. The fraction of sp³-hybridized carbons (Fsp3) is 0.154. The van der Waals surface area contributed by atoms with Crippen LogP contribution in [0.2, 0.25) is 10.0 Å². The van der Waals surface area contributed by atoms with E-state index in [-0.39, 0.29) is 5.82 Å². The molecule has 0 fully saturated rings. The van der Waals surface area contributed by atoms with Crippen molar-refractivity contribution in [1.82, 2.24) is 4.98 Å². The van der Waals surface area contributed by atoms with Crippen LogP contribution in [0.4, 0.5) is 17.3 Å². The van der Waals surface area contributed by atoms with Gasteiger partial charge in [0, 0.05) is 5.69 Å². The van der Waals surface area contributed by atoms with E-state index in [1.807, 2.05) is 18.2 Å². The average molecular weight is 282 g/mol. The lowest BCUT2D eigenvalue weighted by molar-refractivity contribution is 1.14. The normalized spacial score (nSPS) is 10.4. The molecule has 0 unspecified atom stereocenters. The van der Waals surface area contributed by atoms with Gasteiger partial charge in [0.25, 0.3) is 0 Å². The Morgan fingerprint density at radius 3 is 2.72 bits per heavy atom. The third-order valence-electron chi connectivity index (χ3n) is 2.55. The van der Waals surface area contributed by atoms with E-state index in [1.54, 1.807) is 6.07 Å². The summed E-state index contributed by atoms with van der Waals surface area (Å²) in [6.45, 7) is 2.10. The predicted octanol–water partition coefficient (Wildman–Crippen LogP) is 4.28. The monoisotopic (exact) mass is 281 g/mol. The van der Waals surface area contributed by atoms with Crippen LogP contribution in [0.25, 0.3) is 0 Å². The van der Waals surface area contributed by atoms with Crippen LogP contribution in [0.3, 0.4) is 0 Å². The van der Waals surface area contributed by atoms with Crippen molar-refractivity contribution in [2.45, 2.75) is 13.3 Å². The Hall–Kier alpha value is -1.45. The summed E-state index contributed by atoms with van der Waals surface area (Å²) in [6, 6.07) is 9.62. The van der Waals surface area contributed by atoms with E-state index >= 15 is 0 Å². The molecular formula is C13H13Cl2N3.